The molecule has 0 saturated carbocycles. The van der Waals surface area contributed by atoms with Gasteiger partial charge in [-0.2, -0.15) is 13.2 Å². The summed E-state index contributed by atoms with van der Waals surface area (Å²) in [5.74, 6) is -1.81. The van der Waals surface area contributed by atoms with Crippen molar-refractivity contribution in [3.8, 4) is 17.0 Å². The summed E-state index contributed by atoms with van der Waals surface area (Å²) in [6.45, 7) is 11.3. The van der Waals surface area contributed by atoms with E-state index in [2.05, 4.69) is 14.7 Å². The van der Waals surface area contributed by atoms with Crippen LogP contribution in [0.4, 0.5) is 26.7 Å². The minimum atomic E-state index is -4.72. The second kappa shape index (κ2) is 12.4. The predicted octanol–water partition coefficient (Wildman–Crippen LogP) is 7.54. The summed E-state index contributed by atoms with van der Waals surface area (Å²) in [6, 6.07) is 3.92. The molecule has 208 valence electrons. The lowest BCUT2D eigenvalue weighted by Gasteiger charge is -2.18. The Morgan fingerprint density at radius 3 is 2.24 bits per heavy atom. The average molecular weight is 542 g/mol. The van der Waals surface area contributed by atoms with Gasteiger partial charge in [0, 0.05) is 35.5 Å². The molecule has 1 amide bonds. The molecule has 0 aliphatic heterocycles. The number of nitrogens with zero attached hydrogens (tertiary/aromatic N) is 2. The summed E-state index contributed by atoms with van der Waals surface area (Å²) in [7, 11) is 0. The summed E-state index contributed by atoms with van der Waals surface area (Å²) in [4.78, 5) is 17.8. The standard InChI is InChI=1S/C22H21F5N2O.C5H11NO2/c1-12(2)6-13(3)11-30-21-17(22(25,26)27)7-14(10-29-21)16-4-5-28-19-9-15(23)8-18(24)20(16)19;1-5(2,3)8-4(6)7/h4-5,7-10,12-13H,6,11H2,1-3H3;1-3H3,(H2,6,7). The second-order valence-corrected chi connectivity index (χ2v) is 10.3. The third kappa shape index (κ3) is 9.11. The first-order valence-corrected chi connectivity index (χ1v) is 11.9. The van der Waals surface area contributed by atoms with Gasteiger partial charge < -0.3 is 15.2 Å². The summed E-state index contributed by atoms with van der Waals surface area (Å²) >= 11 is 0. The molecule has 2 aromatic heterocycles. The largest absolute Gasteiger partial charge is 0.477 e. The monoisotopic (exact) mass is 541 g/mol. The first kappa shape index (κ1) is 30.7. The Hall–Kier alpha value is -3.50. The Balaban J connectivity index is 0.000000550. The van der Waals surface area contributed by atoms with E-state index < -0.39 is 40.9 Å². The topological polar surface area (TPSA) is 87.3 Å². The number of alkyl halides is 3. The maximum Gasteiger partial charge on any atom is 0.421 e. The van der Waals surface area contributed by atoms with E-state index in [0.29, 0.717) is 12.0 Å². The minimum absolute atomic E-state index is 0.00129. The van der Waals surface area contributed by atoms with Crippen molar-refractivity contribution in [1.29, 1.82) is 0 Å². The van der Waals surface area contributed by atoms with Gasteiger partial charge in [-0.1, -0.05) is 20.8 Å². The molecule has 0 bridgehead atoms. The number of ether oxygens (including phenoxy) is 2. The zero-order chi connectivity index (χ0) is 28.8. The SMILES string of the molecule is CC(C)(C)OC(N)=O.CC(C)CC(C)COc1ncc(-c2ccnc3cc(F)cc(F)c23)cc1C(F)(F)F. The zero-order valence-electron chi connectivity index (χ0n) is 22.1. The predicted molar refractivity (Wildman–Crippen MR) is 134 cm³/mol. The van der Waals surface area contributed by atoms with Crippen LogP contribution in [0.3, 0.4) is 0 Å². The van der Waals surface area contributed by atoms with Crippen molar-refractivity contribution >= 4 is 17.0 Å². The molecule has 0 fully saturated rings. The summed E-state index contributed by atoms with van der Waals surface area (Å²) in [6.07, 6.45) is -2.17. The highest BCUT2D eigenvalue weighted by Gasteiger charge is 2.36. The summed E-state index contributed by atoms with van der Waals surface area (Å²) in [5, 5.41) is -0.0759. The Bertz CT molecular complexity index is 1260. The zero-order valence-corrected chi connectivity index (χ0v) is 22.1. The van der Waals surface area contributed by atoms with Gasteiger partial charge in [0.1, 0.15) is 22.8 Å². The molecule has 3 rings (SSSR count). The number of rotatable bonds is 6. The molecule has 0 radical (unpaired) electrons. The highest BCUT2D eigenvalue weighted by atomic mass is 19.4. The van der Waals surface area contributed by atoms with E-state index in [1.54, 1.807) is 20.8 Å². The van der Waals surface area contributed by atoms with E-state index in [0.717, 1.165) is 18.6 Å². The Morgan fingerprint density at radius 1 is 1.05 bits per heavy atom. The number of hydrogen-bond acceptors (Lipinski definition) is 5. The third-order valence-electron chi connectivity index (χ3n) is 5.01. The van der Waals surface area contributed by atoms with Crippen LogP contribution in [0.25, 0.3) is 22.0 Å². The molecule has 2 heterocycles. The van der Waals surface area contributed by atoms with Crippen LogP contribution in [0.5, 0.6) is 5.88 Å². The van der Waals surface area contributed by atoms with E-state index in [1.165, 1.54) is 18.5 Å². The number of pyridine rings is 2. The van der Waals surface area contributed by atoms with Crippen molar-refractivity contribution in [1.82, 2.24) is 9.97 Å². The molecule has 6 nitrogen and oxygen atoms in total. The van der Waals surface area contributed by atoms with E-state index >= 15 is 0 Å². The molecule has 1 aromatic carbocycles. The van der Waals surface area contributed by atoms with Gasteiger partial charge in [-0.05, 0) is 56.7 Å². The van der Waals surface area contributed by atoms with E-state index in [1.807, 2.05) is 20.8 Å². The number of hydrogen-bond donors (Lipinski definition) is 1. The fraction of sp³-hybridized carbons (Fsp3) is 0.444. The van der Waals surface area contributed by atoms with Crippen LogP contribution in [-0.4, -0.2) is 28.3 Å². The smallest absolute Gasteiger partial charge is 0.421 e. The average Bonchev–Trinajstić information content (AvgIpc) is 2.74. The number of carbonyl (C=O) groups is 1. The number of halogens is 5. The number of amides is 1. The van der Waals surface area contributed by atoms with Crippen molar-refractivity contribution in [2.24, 2.45) is 17.6 Å². The number of nitrogens with two attached hydrogens (primary N) is 1. The number of fused-ring (bicyclic) bond motifs is 1. The van der Waals surface area contributed by atoms with E-state index in [4.69, 9.17) is 10.5 Å². The molecular formula is C27H32F5N3O3. The molecule has 38 heavy (non-hydrogen) atoms. The maximum absolute atomic E-state index is 14.4. The Morgan fingerprint density at radius 2 is 1.71 bits per heavy atom. The van der Waals surface area contributed by atoms with Crippen LogP contribution in [0.15, 0.2) is 36.7 Å². The lowest BCUT2D eigenvalue weighted by molar-refractivity contribution is -0.139. The van der Waals surface area contributed by atoms with Gasteiger partial charge in [-0.25, -0.2) is 18.6 Å². The van der Waals surface area contributed by atoms with Crippen LogP contribution in [0.2, 0.25) is 0 Å². The highest BCUT2D eigenvalue weighted by Crippen LogP contribution is 2.39. The van der Waals surface area contributed by atoms with E-state index in [9.17, 15) is 26.7 Å². The Kier molecular flexibility index (Phi) is 9.99. The molecule has 0 spiro atoms. The van der Waals surface area contributed by atoms with Gasteiger partial charge >= 0.3 is 12.3 Å². The quantitative estimate of drug-likeness (QED) is 0.326. The summed E-state index contributed by atoms with van der Waals surface area (Å²) in [5.41, 5.74) is 3.38. The lowest BCUT2D eigenvalue weighted by Crippen LogP contribution is -2.27. The molecule has 1 unspecified atom stereocenters. The van der Waals surface area contributed by atoms with Gasteiger partial charge in [0.15, 0.2) is 0 Å². The van der Waals surface area contributed by atoms with Crippen molar-refractivity contribution < 1.29 is 36.2 Å². The number of aromatic nitrogens is 2. The van der Waals surface area contributed by atoms with Crippen molar-refractivity contribution in [2.45, 2.75) is 59.7 Å². The third-order valence-corrected chi connectivity index (χ3v) is 5.01. The lowest BCUT2D eigenvalue weighted by atomic mass is 10.00. The van der Waals surface area contributed by atoms with Crippen LogP contribution >= 0.6 is 0 Å². The van der Waals surface area contributed by atoms with Crippen molar-refractivity contribution in [3.05, 3.63) is 53.9 Å². The Labute approximate surface area is 218 Å². The number of primary amides is 1. The van der Waals surface area contributed by atoms with Gasteiger partial charge in [0.25, 0.3) is 0 Å². The molecule has 1 atom stereocenters. The van der Waals surface area contributed by atoms with Crippen molar-refractivity contribution in [3.63, 3.8) is 0 Å². The van der Waals surface area contributed by atoms with E-state index in [-0.39, 0.29) is 34.6 Å². The van der Waals surface area contributed by atoms with Gasteiger partial charge in [0.05, 0.1) is 12.1 Å². The minimum Gasteiger partial charge on any atom is -0.477 e. The highest BCUT2D eigenvalue weighted by molar-refractivity contribution is 5.94. The van der Waals surface area contributed by atoms with Crippen LogP contribution in [0.1, 0.15) is 53.5 Å². The normalized spacial score (nSPS) is 12.6. The van der Waals surface area contributed by atoms with Gasteiger partial charge in [0.2, 0.25) is 5.88 Å². The van der Waals surface area contributed by atoms with Crippen LogP contribution in [-0.2, 0) is 10.9 Å². The number of carbonyl (C=O) groups excluding carboxylic acids is 1. The van der Waals surface area contributed by atoms with Crippen molar-refractivity contribution in [2.75, 3.05) is 6.61 Å². The fourth-order valence-corrected chi connectivity index (χ4v) is 3.76. The number of benzene rings is 1. The maximum atomic E-state index is 14.4. The molecule has 0 aliphatic carbocycles. The fourth-order valence-electron chi connectivity index (χ4n) is 3.76. The first-order valence-electron chi connectivity index (χ1n) is 11.9. The molecule has 0 saturated heterocycles. The molecule has 3 aromatic rings. The molecular weight excluding hydrogens is 509 g/mol. The summed E-state index contributed by atoms with van der Waals surface area (Å²) < 4.78 is 78.8. The second-order valence-electron chi connectivity index (χ2n) is 10.3. The molecule has 11 heteroatoms. The van der Waals surface area contributed by atoms with Gasteiger partial charge in [-0.15, -0.1) is 0 Å². The first-order chi connectivity index (χ1) is 17.5. The van der Waals surface area contributed by atoms with Crippen LogP contribution in [0, 0.1) is 23.5 Å². The van der Waals surface area contributed by atoms with Gasteiger partial charge in [-0.3, -0.25) is 4.98 Å². The van der Waals surface area contributed by atoms with Crippen LogP contribution < -0.4 is 10.5 Å². The molecule has 2 N–H and O–H groups in total. The molecule has 0 aliphatic rings.